The minimum Gasteiger partial charge on any atom is -0.494 e. The van der Waals surface area contributed by atoms with Crippen LogP contribution in [0.15, 0.2) is 36.4 Å². The van der Waals surface area contributed by atoms with Crippen LogP contribution in [0.4, 0.5) is 11.4 Å². The Morgan fingerprint density at radius 3 is 2.66 bits per heavy atom. The largest absolute Gasteiger partial charge is 0.494 e. The van der Waals surface area contributed by atoms with Gasteiger partial charge in [-0.25, -0.2) is 0 Å². The number of hydrogen-bond donors (Lipinski definition) is 2. The number of nitrogens with zero attached hydrogens (tertiary/aromatic N) is 1. The van der Waals surface area contributed by atoms with Crippen molar-refractivity contribution >= 4 is 17.3 Å². The van der Waals surface area contributed by atoms with Crippen LogP contribution in [0.1, 0.15) is 12.5 Å². The fraction of sp³-hybridized carbons (Fsp3) is 0.350. The normalized spacial score (nSPS) is 14.6. The van der Waals surface area contributed by atoms with Crippen molar-refractivity contribution in [1.29, 1.82) is 0 Å². The molecule has 0 fully saturated rings. The van der Waals surface area contributed by atoms with Gasteiger partial charge in [-0.3, -0.25) is 14.9 Å². The van der Waals surface area contributed by atoms with Gasteiger partial charge in [0.05, 0.1) is 30.8 Å². The molecule has 1 aliphatic rings. The van der Waals surface area contributed by atoms with Gasteiger partial charge in [-0.2, -0.15) is 0 Å². The standard InChI is InChI=1S/C20H23N3O6/c1-13(20(24)21-16-6-5-15(23(25)26)11-18(16)27-3)22(2)12-14-4-7-17-19(10-14)29-9-8-28-17/h4-7,10-11,13H,8-9,12H2,1-3H3,(H,21,24)/p+1/t13-/m0/s1. The maximum absolute atomic E-state index is 12.7. The third-order valence-electron chi connectivity index (χ3n) is 4.88. The molecule has 0 spiro atoms. The molecule has 9 nitrogen and oxygen atoms in total. The number of nitrogens with one attached hydrogen (secondary N) is 2. The zero-order valence-corrected chi connectivity index (χ0v) is 16.6. The number of likely N-dealkylation sites (N-methyl/N-ethyl adjacent to an activating group) is 1. The molecule has 0 aromatic heterocycles. The number of ether oxygens (including phenoxy) is 3. The summed E-state index contributed by atoms with van der Waals surface area (Å²) in [5, 5.41) is 13.7. The van der Waals surface area contributed by atoms with Gasteiger partial charge in [0, 0.05) is 11.6 Å². The van der Waals surface area contributed by atoms with Crippen molar-refractivity contribution in [3.63, 3.8) is 0 Å². The highest BCUT2D eigenvalue weighted by Crippen LogP contribution is 2.31. The third-order valence-corrected chi connectivity index (χ3v) is 4.88. The van der Waals surface area contributed by atoms with E-state index < -0.39 is 4.92 Å². The number of anilines is 1. The first kappa shape index (κ1) is 20.4. The highest BCUT2D eigenvalue weighted by atomic mass is 16.6. The predicted molar refractivity (Wildman–Crippen MR) is 106 cm³/mol. The fourth-order valence-corrected chi connectivity index (χ4v) is 3.03. The van der Waals surface area contributed by atoms with Crippen LogP contribution < -0.4 is 24.4 Å². The lowest BCUT2D eigenvalue weighted by molar-refractivity contribution is -0.907. The number of nitro groups is 1. The maximum Gasteiger partial charge on any atom is 0.282 e. The molecule has 2 aromatic carbocycles. The van der Waals surface area contributed by atoms with E-state index in [0.29, 0.717) is 31.2 Å². The van der Waals surface area contributed by atoms with E-state index in [0.717, 1.165) is 16.2 Å². The number of methoxy groups -OCH3 is 1. The van der Waals surface area contributed by atoms with E-state index in [1.807, 2.05) is 32.2 Å². The van der Waals surface area contributed by atoms with Crippen LogP contribution in [-0.2, 0) is 11.3 Å². The molecule has 1 heterocycles. The summed E-state index contributed by atoms with van der Waals surface area (Å²) in [6.07, 6.45) is 0. The van der Waals surface area contributed by atoms with Crippen LogP contribution in [0.2, 0.25) is 0 Å². The number of non-ortho nitro benzene ring substituents is 1. The molecule has 1 aliphatic heterocycles. The minimum atomic E-state index is -0.512. The van der Waals surface area contributed by atoms with E-state index in [9.17, 15) is 14.9 Å². The monoisotopic (exact) mass is 402 g/mol. The molecule has 2 aromatic rings. The average Bonchev–Trinajstić information content (AvgIpc) is 2.73. The Balaban J connectivity index is 1.66. The Hall–Kier alpha value is -3.33. The summed E-state index contributed by atoms with van der Waals surface area (Å²) < 4.78 is 16.3. The van der Waals surface area contributed by atoms with Crippen molar-refractivity contribution in [1.82, 2.24) is 0 Å². The van der Waals surface area contributed by atoms with E-state index in [1.54, 1.807) is 0 Å². The van der Waals surface area contributed by atoms with Crippen molar-refractivity contribution in [2.24, 2.45) is 0 Å². The number of benzene rings is 2. The molecular weight excluding hydrogens is 378 g/mol. The SMILES string of the molecule is COc1cc([N+](=O)[O-])ccc1NC(=O)[C@H](C)[NH+](C)Cc1ccc2c(c1)OCCO2. The summed E-state index contributed by atoms with van der Waals surface area (Å²) in [6, 6.07) is 9.48. The lowest BCUT2D eigenvalue weighted by atomic mass is 10.1. The molecule has 0 aliphatic carbocycles. The number of fused-ring (bicyclic) bond motifs is 1. The van der Waals surface area contributed by atoms with Crippen LogP contribution in [0.25, 0.3) is 0 Å². The smallest absolute Gasteiger partial charge is 0.282 e. The van der Waals surface area contributed by atoms with Gasteiger partial charge in [0.15, 0.2) is 17.5 Å². The molecule has 9 heteroatoms. The molecule has 0 bridgehead atoms. The number of nitro benzene ring substituents is 1. The minimum absolute atomic E-state index is 0.103. The molecule has 1 amide bonds. The second-order valence-electron chi connectivity index (χ2n) is 6.85. The van der Waals surface area contributed by atoms with Crippen molar-refractivity contribution in [2.45, 2.75) is 19.5 Å². The van der Waals surface area contributed by atoms with Crippen molar-refractivity contribution in [3.8, 4) is 17.2 Å². The molecule has 1 unspecified atom stereocenters. The summed E-state index contributed by atoms with van der Waals surface area (Å²) in [6.45, 7) is 3.50. The molecule has 154 valence electrons. The molecule has 2 atom stereocenters. The van der Waals surface area contributed by atoms with Gasteiger partial charge in [0.2, 0.25) is 0 Å². The second kappa shape index (κ2) is 8.78. The van der Waals surface area contributed by atoms with E-state index in [4.69, 9.17) is 14.2 Å². The van der Waals surface area contributed by atoms with E-state index in [1.165, 1.54) is 25.3 Å². The zero-order valence-electron chi connectivity index (χ0n) is 16.6. The van der Waals surface area contributed by atoms with Gasteiger partial charge in [0.1, 0.15) is 25.5 Å². The second-order valence-corrected chi connectivity index (χ2v) is 6.85. The summed E-state index contributed by atoms with van der Waals surface area (Å²) in [5.41, 5.74) is 1.32. The van der Waals surface area contributed by atoms with Crippen LogP contribution in [0.5, 0.6) is 17.2 Å². The summed E-state index contributed by atoms with van der Waals surface area (Å²) in [4.78, 5) is 24.1. The molecule has 2 N–H and O–H groups in total. The van der Waals surface area contributed by atoms with E-state index >= 15 is 0 Å². The number of quaternary nitrogens is 1. The molecule has 0 radical (unpaired) electrons. The average molecular weight is 402 g/mol. The predicted octanol–water partition coefficient (Wildman–Crippen LogP) is 1.42. The Kier molecular flexibility index (Phi) is 6.18. The van der Waals surface area contributed by atoms with E-state index in [-0.39, 0.29) is 23.4 Å². The third kappa shape index (κ3) is 4.75. The Bertz CT molecular complexity index is 917. The first-order chi connectivity index (χ1) is 13.9. The molecule has 0 saturated heterocycles. The number of hydrogen-bond acceptors (Lipinski definition) is 6. The lowest BCUT2D eigenvalue weighted by Crippen LogP contribution is -3.12. The highest BCUT2D eigenvalue weighted by molar-refractivity contribution is 5.95. The fourth-order valence-electron chi connectivity index (χ4n) is 3.03. The van der Waals surface area contributed by atoms with Crippen LogP contribution >= 0.6 is 0 Å². The van der Waals surface area contributed by atoms with Crippen molar-refractivity contribution in [2.75, 3.05) is 32.7 Å². The summed E-state index contributed by atoms with van der Waals surface area (Å²) >= 11 is 0. The summed E-state index contributed by atoms with van der Waals surface area (Å²) in [7, 11) is 3.32. The van der Waals surface area contributed by atoms with Gasteiger partial charge >= 0.3 is 0 Å². The van der Waals surface area contributed by atoms with Gasteiger partial charge in [-0.1, -0.05) is 0 Å². The summed E-state index contributed by atoms with van der Waals surface area (Å²) in [5.74, 6) is 1.47. The number of carbonyl (C=O) groups is 1. The quantitative estimate of drug-likeness (QED) is 0.536. The van der Waals surface area contributed by atoms with Gasteiger partial charge in [0.25, 0.3) is 11.6 Å². The number of amides is 1. The van der Waals surface area contributed by atoms with Gasteiger partial charge in [-0.05, 0) is 31.2 Å². The lowest BCUT2D eigenvalue weighted by Gasteiger charge is -2.23. The Morgan fingerprint density at radius 2 is 1.97 bits per heavy atom. The first-order valence-electron chi connectivity index (χ1n) is 9.23. The topological polar surface area (TPSA) is 104 Å². The van der Waals surface area contributed by atoms with Crippen molar-refractivity contribution < 1.29 is 28.8 Å². The zero-order chi connectivity index (χ0) is 21.0. The first-order valence-corrected chi connectivity index (χ1v) is 9.23. The van der Waals surface area contributed by atoms with Crippen molar-refractivity contribution in [3.05, 3.63) is 52.1 Å². The van der Waals surface area contributed by atoms with E-state index in [2.05, 4.69) is 5.32 Å². The van der Waals surface area contributed by atoms with Crippen LogP contribution in [0, 0.1) is 10.1 Å². The van der Waals surface area contributed by atoms with Crippen LogP contribution in [-0.4, -0.2) is 44.2 Å². The van der Waals surface area contributed by atoms with Crippen LogP contribution in [0.3, 0.4) is 0 Å². The molecule has 0 saturated carbocycles. The number of carbonyl (C=O) groups excluding carboxylic acids is 1. The van der Waals surface area contributed by atoms with Gasteiger partial charge < -0.3 is 24.4 Å². The Labute approximate surface area is 168 Å². The molecular formula is C20H24N3O6+. The molecule has 3 rings (SSSR count). The number of rotatable bonds is 7. The highest BCUT2D eigenvalue weighted by Gasteiger charge is 2.24. The van der Waals surface area contributed by atoms with Gasteiger partial charge in [-0.15, -0.1) is 0 Å². The molecule has 29 heavy (non-hydrogen) atoms. The Morgan fingerprint density at radius 1 is 1.24 bits per heavy atom. The maximum atomic E-state index is 12.7.